The molecule has 0 aliphatic heterocycles. The van der Waals surface area contributed by atoms with Crippen LogP contribution in [0.25, 0.3) is 11.6 Å². The minimum atomic E-state index is -0.0499. The van der Waals surface area contributed by atoms with E-state index in [9.17, 15) is 4.79 Å². The predicted octanol–water partition coefficient (Wildman–Crippen LogP) is 5.03. The molecule has 0 aliphatic carbocycles. The Balaban J connectivity index is 2.49. The zero-order valence-electron chi connectivity index (χ0n) is 11.3. The molecular formula is C18H15ClO. The van der Waals surface area contributed by atoms with Gasteiger partial charge in [-0.25, -0.2) is 0 Å². The molecule has 0 bridgehead atoms. The molecule has 1 nitrogen and oxygen atoms in total. The van der Waals surface area contributed by atoms with Crippen LogP contribution < -0.4 is 0 Å². The number of carbonyl (C=O) groups is 1. The highest BCUT2D eigenvalue weighted by Gasteiger charge is 2.12. The minimum absolute atomic E-state index is 0.0499. The van der Waals surface area contributed by atoms with Crippen LogP contribution >= 0.6 is 11.6 Å². The van der Waals surface area contributed by atoms with E-state index in [4.69, 9.17) is 11.6 Å². The number of hydrogen-bond acceptors (Lipinski definition) is 1. The molecule has 2 aromatic rings. The lowest BCUT2D eigenvalue weighted by Crippen LogP contribution is -2.02. The van der Waals surface area contributed by atoms with E-state index < -0.39 is 0 Å². The average molecular weight is 283 g/mol. The summed E-state index contributed by atoms with van der Waals surface area (Å²) in [4.78, 5) is 12.3. The Morgan fingerprint density at radius 3 is 2.20 bits per heavy atom. The van der Waals surface area contributed by atoms with E-state index >= 15 is 0 Å². The number of Topliss-reactive ketones (excluding diaryl/α,β-unsaturated/α-hetero) is 1. The third-order valence-electron chi connectivity index (χ3n) is 2.90. The van der Waals surface area contributed by atoms with Crippen molar-refractivity contribution < 1.29 is 4.79 Å². The van der Waals surface area contributed by atoms with E-state index in [1.165, 1.54) is 0 Å². The third-order valence-corrected chi connectivity index (χ3v) is 3.15. The summed E-state index contributed by atoms with van der Waals surface area (Å²) in [6.07, 6.45) is 1.86. The Kier molecular flexibility index (Phi) is 4.54. The molecule has 0 heterocycles. The second-order valence-corrected chi connectivity index (χ2v) is 5.02. The highest BCUT2D eigenvalue weighted by molar-refractivity contribution is 6.32. The molecule has 20 heavy (non-hydrogen) atoms. The minimum Gasteiger partial charge on any atom is -0.289 e. The lowest BCUT2D eigenvalue weighted by molar-refractivity contribution is -0.110. The zero-order valence-corrected chi connectivity index (χ0v) is 12.0. The molecule has 2 aromatic carbocycles. The first-order valence-electron chi connectivity index (χ1n) is 6.31. The van der Waals surface area contributed by atoms with E-state index in [1.807, 2.05) is 48.5 Å². The van der Waals surface area contributed by atoms with E-state index in [1.54, 1.807) is 19.1 Å². The highest BCUT2D eigenvalue weighted by atomic mass is 35.5. The monoisotopic (exact) mass is 282 g/mol. The Hall–Kier alpha value is -2.12. The van der Waals surface area contributed by atoms with E-state index in [-0.39, 0.29) is 5.78 Å². The SMILES string of the molecule is C=C(C)C(=O)/C(=C\c1ccc(Cl)cc1)c1ccccc1. The van der Waals surface area contributed by atoms with Crippen molar-refractivity contribution in [2.45, 2.75) is 6.92 Å². The van der Waals surface area contributed by atoms with Crippen LogP contribution in [0.1, 0.15) is 18.1 Å². The van der Waals surface area contributed by atoms with Gasteiger partial charge in [0, 0.05) is 10.6 Å². The summed E-state index contributed by atoms with van der Waals surface area (Å²) >= 11 is 5.88. The summed E-state index contributed by atoms with van der Waals surface area (Å²) in [5, 5.41) is 0.676. The van der Waals surface area contributed by atoms with E-state index in [0.717, 1.165) is 11.1 Å². The van der Waals surface area contributed by atoms with Crippen LogP contribution in [0, 0.1) is 0 Å². The Morgan fingerprint density at radius 2 is 1.65 bits per heavy atom. The van der Waals surface area contributed by atoms with Crippen LogP contribution in [0.3, 0.4) is 0 Å². The molecule has 0 aromatic heterocycles. The molecule has 2 rings (SSSR count). The molecule has 2 heteroatoms. The number of benzene rings is 2. The van der Waals surface area contributed by atoms with Crippen molar-refractivity contribution in [2.75, 3.05) is 0 Å². The van der Waals surface area contributed by atoms with Gasteiger partial charge in [0.25, 0.3) is 0 Å². The van der Waals surface area contributed by atoms with E-state index in [0.29, 0.717) is 16.2 Å². The van der Waals surface area contributed by atoms with Gasteiger partial charge in [0.05, 0.1) is 0 Å². The van der Waals surface area contributed by atoms with Gasteiger partial charge in [-0.1, -0.05) is 60.6 Å². The van der Waals surface area contributed by atoms with Crippen LogP contribution in [0.15, 0.2) is 66.7 Å². The molecule has 0 saturated heterocycles. The van der Waals surface area contributed by atoms with Crippen molar-refractivity contribution in [2.24, 2.45) is 0 Å². The maximum Gasteiger partial charge on any atom is 0.188 e. The second-order valence-electron chi connectivity index (χ2n) is 4.59. The molecule has 100 valence electrons. The van der Waals surface area contributed by atoms with Gasteiger partial charge in [0.1, 0.15) is 0 Å². The highest BCUT2D eigenvalue weighted by Crippen LogP contribution is 2.22. The Morgan fingerprint density at radius 1 is 1.05 bits per heavy atom. The molecule has 0 amide bonds. The predicted molar refractivity (Wildman–Crippen MR) is 85.6 cm³/mol. The van der Waals surface area contributed by atoms with Crippen LogP contribution in [0.5, 0.6) is 0 Å². The van der Waals surface area contributed by atoms with Gasteiger partial charge in [-0.15, -0.1) is 0 Å². The van der Waals surface area contributed by atoms with Gasteiger partial charge in [0.15, 0.2) is 5.78 Å². The number of ketones is 1. The van der Waals surface area contributed by atoms with Gasteiger partial charge in [-0.3, -0.25) is 4.79 Å². The summed E-state index contributed by atoms with van der Waals surface area (Å²) in [5.74, 6) is -0.0499. The van der Waals surface area contributed by atoms with Gasteiger partial charge >= 0.3 is 0 Å². The van der Waals surface area contributed by atoms with Crippen molar-refractivity contribution in [1.29, 1.82) is 0 Å². The second kappa shape index (κ2) is 6.36. The largest absolute Gasteiger partial charge is 0.289 e. The van der Waals surface area contributed by atoms with Crippen molar-refractivity contribution >= 4 is 29.0 Å². The molecule has 0 N–H and O–H groups in total. The van der Waals surface area contributed by atoms with Crippen LogP contribution in [-0.4, -0.2) is 5.78 Å². The molecular weight excluding hydrogens is 268 g/mol. The summed E-state index contributed by atoms with van der Waals surface area (Å²) in [6, 6.07) is 17.0. The number of allylic oxidation sites excluding steroid dienone is 2. The summed E-state index contributed by atoms with van der Waals surface area (Å²) < 4.78 is 0. The van der Waals surface area contributed by atoms with Gasteiger partial charge in [-0.05, 0) is 41.8 Å². The third kappa shape index (κ3) is 3.46. The lowest BCUT2D eigenvalue weighted by atomic mass is 9.96. The van der Waals surface area contributed by atoms with E-state index in [2.05, 4.69) is 6.58 Å². The fourth-order valence-corrected chi connectivity index (χ4v) is 1.98. The number of hydrogen-bond donors (Lipinski definition) is 0. The maximum absolute atomic E-state index is 12.3. The fourth-order valence-electron chi connectivity index (χ4n) is 1.85. The number of carbonyl (C=O) groups excluding carboxylic acids is 1. The first-order valence-corrected chi connectivity index (χ1v) is 6.68. The number of halogens is 1. The fraction of sp³-hybridized carbons (Fsp3) is 0.0556. The Labute approximate surface area is 124 Å². The zero-order chi connectivity index (χ0) is 14.5. The molecule has 0 unspecified atom stereocenters. The van der Waals surface area contributed by atoms with Crippen molar-refractivity contribution in [3.05, 3.63) is 82.9 Å². The van der Waals surface area contributed by atoms with Crippen LogP contribution in [-0.2, 0) is 4.79 Å². The normalized spacial score (nSPS) is 11.2. The standard InChI is InChI=1S/C18H15ClO/c1-13(2)18(20)17(15-6-4-3-5-7-15)12-14-8-10-16(19)11-9-14/h3-12H,1H2,2H3/b17-12-. The topological polar surface area (TPSA) is 17.1 Å². The van der Waals surface area contributed by atoms with Gasteiger partial charge in [0.2, 0.25) is 0 Å². The van der Waals surface area contributed by atoms with Crippen LogP contribution in [0.2, 0.25) is 5.02 Å². The summed E-state index contributed by atoms with van der Waals surface area (Å²) in [6.45, 7) is 5.47. The van der Waals surface area contributed by atoms with Crippen molar-refractivity contribution in [1.82, 2.24) is 0 Å². The Bertz CT molecular complexity index is 652. The number of rotatable bonds is 4. The summed E-state index contributed by atoms with van der Waals surface area (Å²) in [7, 11) is 0. The first kappa shape index (κ1) is 14.3. The molecule has 0 radical (unpaired) electrons. The lowest BCUT2D eigenvalue weighted by Gasteiger charge is -2.07. The van der Waals surface area contributed by atoms with Crippen molar-refractivity contribution in [3.8, 4) is 0 Å². The maximum atomic E-state index is 12.3. The summed E-state index contributed by atoms with van der Waals surface area (Å²) in [5.41, 5.74) is 2.98. The molecule has 0 fully saturated rings. The smallest absolute Gasteiger partial charge is 0.188 e. The molecule has 0 spiro atoms. The average Bonchev–Trinajstić information content (AvgIpc) is 2.47. The molecule has 0 aliphatic rings. The van der Waals surface area contributed by atoms with Crippen molar-refractivity contribution in [3.63, 3.8) is 0 Å². The van der Waals surface area contributed by atoms with Gasteiger partial charge < -0.3 is 0 Å². The van der Waals surface area contributed by atoms with Crippen LogP contribution in [0.4, 0.5) is 0 Å². The quantitative estimate of drug-likeness (QED) is 0.568. The molecule has 0 saturated carbocycles. The molecule has 0 atom stereocenters. The van der Waals surface area contributed by atoms with Gasteiger partial charge in [-0.2, -0.15) is 0 Å². The first-order chi connectivity index (χ1) is 9.58.